The molecule has 2 aromatic heterocycles. The second-order valence-electron chi connectivity index (χ2n) is 6.19. The van der Waals surface area contributed by atoms with Gasteiger partial charge in [-0.25, -0.2) is 4.98 Å². The lowest BCUT2D eigenvalue weighted by Gasteiger charge is -2.16. The summed E-state index contributed by atoms with van der Waals surface area (Å²) in [5, 5.41) is 15.6. The number of aromatic nitrogens is 2. The third-order valence-electron chi connectivity index (χ3n) is 4.13. The summed E-state index contributed by atoms with van der Waals surface area (Å²) >= 11 is 12.3. The molecule has 4 N–H and O–H groups in total. The second-order valence-corrected chi connectivity index (χ2v) is 7.04. The lowest BCUT2D eigenvalue weighted by Crippen LogP contribution is -2.31. The summed E-state index contributed by atoms with van der Waals surface area (Å²) in [7, 11) is 0. The van der Waals surface area contributed by atoms with Gasteiger partial charge in [-0.05, 0) is 43.5 Å². The molecule has 8 heteroatoms. The Hall–Kier alpha value is -2.54. The highest BCUT2D eigenvalue weighted by Crippen LogP contribution is 2.30. The van der Waals surface area contributed by atoms with Gasteiger partial charge in [-0.1, -0.05) is 35.3 Å². The fraction of sp³-hybridized carbons (Fsp3) is 0.238. The first kappa shape index (κ1) is 14.4. The predicted octanol–water partition coefficient (Wildman–Crippen LogP) is 4.67. The Bertz CT molecular complexity index is 1190. The number of rotatable bonds is 7. The minimum Gasteiger partial charge on any atom is -0.394 e. The highest BCUT2D eigenvalue weighted by atomic mass is 35.5. The van der Waals surface area contributed by atoms with Gasteiger partial charge < -0.3 is 20.7 Å². The summed E-state index contributed by atoms with van der Waals surface area (Å²) in [4.78, 5) is 19.6. The highest BCUT2D eigenvalue weighted by Gasteiger charge is 2.18. The van der Waals surface area contributed by atoms with Crippen LogP contribution < -0.4 is 10.6 Å². The molecule has 0 radical (unpaired) electrons. The predicted molar refractivity (Wildman–Crippen MR) is 117 cm³/mol. The number of H-pyrrole nitrogens is 1. The molecular formula is C21H22Cl2N4O2. The number of anilines is 1. The van der Waals surface area contributed by atoms with E-state index < -0.39 is 31.7 Å². The van der Waals surface area contributed by atoms with Crippen molar-refractivity contribution in [3.05, 3.63) is 70.1 Å². The lowest BCUT2D eigenvalue weighted by atomic mass is 10.1. The molecular weight excluding hydrogens is 411 g/mol. The summed E-state index contributed by atoms with van der Waals surface area (Å²) in [6.07, 6.45) is 2.77. The van der Waals surface area contributed by atoms with Crippen LogP contribution in [-0.4, -0.2) is 33.6 Å². The first-order valence-corrected chi connectivity index (χ1v) is 9.33. The molecule has 29 heavy (non-hydrogen) atoms. The van der Waals surface area contributed by atoms with Gasteiger partial charge in [0.25, 0.3) is 5.91 Å². The molecule has 6 nitrogen and oxygen atoms in total. The fourth-order valence-electron chi connectivity index (χ4n) is 2.76. The first-order chi connectivity index (χ1) is 16.3. The fourth-order valence-corrected chi connectivity index (χ4v) is 3.17. The van der Waals surface area contributed by atoms with E-state index in [0.29, 0.717) is 21.7 Å². The summed E-state index contributed by atoms with van der Waals surface area (Å²) in [5.74, 6) is -0.501. The van der Waals surface area contributed by atoms with E-state index in [1.54, 1.807) is 24.3 Å². The zero-order valence-corrected chi connectivity index (χ0v) is 16.6. The van der Waals surface area contributed by atoms with Gasteiger partial charge in [0.1, 0.15) is 11.5 Å². The van der Waals surface area contributed by atoms with Gasteiger partial charge in [-0.2, -0.15) is 0 Å². The third-order valence-corrected chi connectivity index (χ3v) is 4.66. The molecule has 0 saturated carbocycles. The number of amides is 1. The number of hydrogen-bond donors (Lipinski definition) is 4. The van der Waals surface area contributed by atoms with Crippen LogP contribution in [0.15, 0.2) is 48.8 Å². The number of carbonyl (C=O) groups excluding carboxylic acids is 1. The van der Waals surface area contributed by atoms with E-state index in [2.05, 4.69) is 20.6 Å². The summed E-state index contributed by atoms with van der Waals surface area (Å²) < 4.78 is 45.2. The van der Waals surface area contributed by atoms with E-state index >= 15 is 0 Å². The van der Waals surface area contributed by atoms with Crippen molar-refractivity contribution < 1.29 is 18.1 Å². The van der Waals surface area contributed by atoms with Crippen LogP contribution in [0.4, 0.5) is 5.82 Å². The van der Waals surface area contributed by atoms with Crippen LogP contribution in [0.25, 0.3) is 11.1 Å². The number of halogens is 2. The number of aliphatic hydroxyl groups is 1. The van der Waals surface area contributed by atoms with Gasteiger partial charge in [0.2, 0.25) is 0 Å². The third kappa shape index (κ3) is 5.29. The van der Waals surface area contributed by atoms with E-state index in [4.69, 9.17) is 31.4 Å². The number of carbonyl (C=O) groups is 1. The van der Waals surface area contributed by atoms with Crippen LogP contribution in [0.1, 0.15) is 44.0 Å². The number of aromatic amines is 1. The van der Waals surface area contributed by atoms with Crippen LogP contribution >= 0.6 is 23.2 Å². The van der Waals surface area contributed by atoms with E-state index in [0.717, 1.165) is 0 Å². The molecule has 1 amide bonds. The smallest absolute Gasteiger partial charge is 0.268 e. The van der Waals surface area contributed by atoms with Crippen LogP contribution in [0.5, 0.6) is 0 Å². The van der Waals surface area contributed by atoms with Gasteiger partial charge in [0.15, 0.2) is 0 Å². The molecule has 2 heterocycles. The molecule has 152 valence electrons. The summed E-state index contributed by atoms with van der Waals surface area (Å²) in [6, 6.07) is 7.14. The standard InChI is InChI=1S/C21H22Cl2N4O2/c1-12(2)26-20-8-16(17(23)10-25-20)14-7-18(24-9-14)21(29)27-19(11-28)13-4-3-5-15(22)6-13/h3-10,12,19,24,28H,11H2,1-2H3,(H,25,26)(H,27,29)/i1D3,2D3. The van der Waals surface area contributed by atoms with Crippen molar-refractivity contribution >= 4 is 34.9 Å². The Balaban J connectivity index is 1.83. The zero-order chi connectivity index (χ0) is 26.0. The lowest BCUT2D eigenvalue weighted by molar-refractivity contribution is 0.0912. The van der Waals surface area contributed by atoms with E-state index in [1.807, 2.05) is 0 Å². The molecule has 0 saturated heterocycles. The first-order valence-electron chi connectivity index (χ1n) is 11.6. The van der Waals surface area contributed by atoms with Crippen molar-refractivity contribution in [2.45, 2.75) is 25.8 Å². The molecule has 3 rings (SSSR count). The maximum atomic E-state index is 12.8. The molecule has 1 atom stereocenters. The largest absolute Gasteiger partial charge is 0.394 e. The molecule has 0 spiro atoms. The van der Waals surface area contributed by atoms with Crippen molar-refractivity contribution in [3.63, 3.8) is 0 Å². The average molecular weight is 439 g/mol. The second kappa shape index (κ2) is 9.31. The number of hydrogen-bond acceptors (Lipinski definition) is 4. The van der Waals surface area contributed by atoms with Crippen molar-refractivity contribution in [3.8, 4) is 11.1 Å². The Labute approximate surface area is 187 Å². The maximum Gasteiger partial charge on any atom is 0.268 e. The Morgan fingerprint density at radius 2 is 2.14 bits per heavy atom. The molecule has 1 aromatic carbocycles. The van der Waals surface area contributed by atoms with Crippen LogP contribution in [0, 0.1) is 0 Å². The molecule has 1 unspecified atom stereocenters. The minimum atomic E-state index is -2.81. The number of benzene rings is 1. The van der Waals surface area contributed by atoms with E-state index in [9.17, 15) is 9.90 Å². The molecule has 0 aliphatic heterocycles. The van der Waals surface area contributed by atoms with Crippen LogP contribution in [-0.2, 0) is 0 Å². The van der Waals surface area contributed by atoms with Gasteiger partial charge in [-0.15, -0.1) is 0 Å². The molecule has 0 fully saturated rings. The Kier molecular flexibility index (Phi) is 4.63. The number of aliphatic hydroxyl groups excluding tert-OH is 1. The molecule has 0 bridgehead atoms. The Morgan fingerprint density at radius 1 is 1.31 bits per heavy atom. The molecule has 0 aliphatic rings. The van der Waals surface area contributed by atoms with Gasteiger partial charge in [0, 0.05) is 42.8 Å². The Morgan fingerprint density at radius 3 is 2.86 bits per heavy atom. The molecule has 0 aliphatic carbocycles. The number of nitrogens with one attached hydrogen (secondary N) is 3. The van der Waals surface area contributed by atoms with E-state index in [-0.39, 0.29) is 23.1 Å². The number of nitrogens with zero attached hydrogens (tertiary/aromatic N) is 1. The molecule has 3 aromatic rings. The topological polar surface area (TPSA) is 90.0 Å². The van der Waals surface area contributed by atoms with Gasteiger partial charge in [-0.3, -0.25) is 4.79 Å². The van der Waals surface area contributed by atoms with Crippen LogP contribution in [0.2, 0.25) is 10.0 Å². The van der Waals surface area contributed by atoms with Gasteiger partial charge in [0.05, 0.1) is 17.7 Å². The zero-order valence-electron chi connectivity index (χ0n) is 21.0. The van der Waals surface area contributed by atoms with Crippen LogP contribution in [0.3, 0.4) is 0 Å². The normalized spacial score (nSPS) is 16.0. The van der Waals surface area contributed by atoms with Crippen molar-refractivity contribution in [1.82, 2.24) is 15.3 Å². The van der Waals surface area contributed by atoms with E-state index in [1.165, 1.54) is 24.5 Å². The number of pyridine rings is 1. The average Bonchev–Trinajstić information content (AvgIpc) is 3.25. The van der Waals surface area contributed by atoms with Gasteiger partial charge >= 0.3 is 0 Å². The van der Waals surface area contributed by atoms with Crippen molar-refractivity contribution in [1.29, 1.82) is 0 Å². The monoisotopic (exact) mass is 438 g/mol. The SMILES string of the molecule is [2H]C([2H])([2H])C(Nc1cc(-c2c[nH]c(C(=O)NC(CO)c3cccc(Cl)c3)c2)c(Cl)cn1)C([2H])([2H])[2H]. The van der Waals surface area contributed by atoms with Crippen molar-refractivity contribution in [2.24, 2.45) is 0 Å². The maximum absolute atomic E-state index is 12.8. The highest BCUT2D eigenvalue weighted by molar-refractivity contribution is 6.33. The summed E-state index contributed by atoms with van der Waals surface area (Å²) in [5.41, 5.74) is 1.67. The summed E-state index contributed by atoms with van der Waals surface area (Å²) in [6.45, 7) is -5.96. The quantitative estimate of drug-likeness (QED) is 0.431. The van der Waals surface area contributed by atoms with Crippen molar-refractivity contribution in [2.75, 3.05) is 11.9 Å². The minimum absolute atomic E-state index is 0.00449.